The number of alkyl halides is 7. The quantitative estimate of drug-likeness (QED) is 0.829. The fourth-order valence-corrected chi connectivity index (χ4v) is 1.45. The average molecular weight is 311 g/mol. The van der Waals surface area contributed by atoms with Gasteiger partial charge in [-0.1, -0.05) is 23.7 Å². The Balaban J connectivity index is 3.20. The number of halogens is 8. The first-order valence-electron chi connectivity index (χ1n) is 4.67. The molecule has 1 atom stereocenters. The summed E-state index contributed by atoms with van der Waals surface area (Å²) in [5, 5.41) is 8.89. The summed E-state index contributed by atoms with van der Waals surface area (Å²) >= 11 is 5.38. The smallest absolute Gasteiger partial charge is 0.382 e. The molecule has 0 aliphatic rings. The number of hydrogen-bond acceptors (Lipinski definition) is 1. The largest absolute Gasteiger partial charge is 0.459 e. The minimum atomic E-state index is -6.49. The zero-order chi connectivity index (χ0) is 15.1. The second-order valence-corrected chi connectivity index (χ2v) is 4.09. The molecule has 0 bridgehead atoms. The van der Waals surface area contributed by atoms with Crippen LogP contribution in [0.15, 0.2) is 24.3 Å². The van der Waals surface area contributed by atoms with E-state index in [-0.39, 0.29) is 5.02 Å². The predicted octanol–water partition coefficient (Wildman–Crippen LogP) is 4.21. The summed E-state index contributed by atoms with van der Waals surface area (Å²) in [6.45, 7) is 0. The van der Waals surface area contributed by atoms with Crippen molar-refractivity contribution in [3.8, 4) is 0 Å². The molecule has 1 aromatic carbocycles. The van der Waals surface area contributed by atoms with Gasteiger partial charge in [-0.3, -0.25) is 0 Å². The number of rotatable bonds is 3. The molecule has 0 aliphatic carbocycles. The van der Waals surface area contributed by atoms with Crippen molar-refractivity contribution >= 4 is 11.6 Å². The van der Waals surface area contributed by atoms with Gasteiger partial charge in [0.2, 0.25) is 0 Å². The molecule has 0 fully saturated rings. The molecule has 108 valence electrons. The highest BCUT2D eigenvalue weighted by Gasteiger charge is 2.75. The van der Waals surface area contributed by atoms with E-state index < -0.39 is 29.7 Å². The Morgan fingerprint density at radius 3 is 1.95 bits per heavy atom. The van der Waals surface area contributed by atoms with E-state index in [0.717, 1.165) is 12.1 Å². The molecule has 0 aromatic heterocycles. The van der Waals surface area contributed by atoms with Gasteiger partial charge in [-0.05, 0) is 17.7 Å². The van der Waals surface area contributed by atoms with Crippen LogP contribution in [0.3, 0.4) is 0 Å². The van der Waals surface area contributed by atoms with Crippen molar-refractivity contribution in [3.63, 3.8) is 0 Å². The van der Waals surface area contributed by atoms with Crippen LogP contribution in [0.1, 0.15) is 11.7 Å². The zero-order valence-electron chi connectivity index (χ0n) is 8.86. The van der Waals surface area contributed by atoms with Crippen molar-refractivity contribution in [1.82, 2.24) is 0 Å². The molecule has 0 heterocycles. The van der Waals surface area contributed by atoms with Crippen molar-refractivity contribution in [2.24, 2.45) is 0 Å². The van der Waals surface area contributed by atoms with Gasteiger partial charge in [-0.15, -0.1) is 0 Å². The highest BCUT2D eigenvalue weighted by Crippen LogP contribution is 2.51. The monoisotopic (exact) mass is 310 g/mol. The lowest BCUT2D eigenvalue weighted by Crippen LogP contribution is -2.54. The van der Waals surface area contributed by atoms with E-state index in [1.54, 1.807) is 0 Å². The second kappa shape index (κ2) is 4.82. The summed E-state index contributed by atoms with van der Waals surface area (Å²) in [6.07, 6.45) is -9.83. The highest BCUT2D eigenvalue weighted by molar-refractivity contribution is 6.30. The Labute approximate surface area is 107 Å². The number of benzene rings is 1. The SMILES string of the molecule is OC(c1cccc(Cl)c1)C(F)(F)C(F)(F)C(F)(F)F. The van der Waals surface area contributed by atoms with Crippen LogP contribution in [0, 0.1) is 0 Å². The molecule has 19 heavy (non-hydrogen) atoms. The third kappa shape index (κ3) is 2.79. The lowest BCUT2D eigenvalue weighted by molar-refractivity contribution is -0.372. The molecular weight excluding hydrogens is 305 g/mol. The average Bonchev–Trinajstić information content (AvgIpc) is 2.26. The minimum Gasteiger partial charge on any atom is -0.382 e. The normalized spacial score (nSPS) is 15.4. The third-order valence-electron chi connectivity index (χ3n) is 2.28. The first kappa shape index (κ1) is 16.0. The Morgan fingerprint density at radius 1 is 1.00 bits per heavy atom. The summed E-state index contributed by atoms with van der Waals surface area (Å²) in [5.41, 5.74) is -0.846. The second-order valence-electron chi connectivity index (χ2n) is 3.65. The van der Waals surface area contributed by atoms with Crippen LogP contribution >= 0.6 is 11.6 Å². The lowest BCUT2D eigenvalue weighted by atomic mass is 9.98. The third-order valence-corrected chi connectivity index (χ3v) is 2.52. The Bertz CT molecular complexity index is 457. The van der Waals surface area contributed by atoms with Crippen molar-refractivity contribution in [3.05, 3.63) is 34.9 Å². The Morgan fingerprint density at radius 2 is 1.53 bits per heavy atom. The minimum absolute atomic E-state index is 0.192. The van der Waals surface area contributed by atoms with E-state index in [4.69, 9.17) is 16.7 Å². The Kier molecular flexibility index (Phi) is 4.07. The van der Waals surface area contributed by atoms with Gasteiger partial charge in [-0.25, -0.2) is 0 Å². The van der Waals surface area contributed by atoms with Crippen LogP contribution < -0.4 is 0 Å². The molecule has 1 rings (SSSR count). The van der Waals surface area contributed by atoms with Gasteiger partial charge in [0.25, 0.3) is 0 Å². The van der Waals surface area contributed by atoms with E-state index in [9.17, 15) is 30.7 Å². The maximum atomic E-state index is 13.1. The van der Waals surface area contributed by atoms with Gasteiger partial charge < -0.3 is 5.11 Å². The van der Waals surface area contributed by atoms with Gasteiger partial charge in [0.15, 0.2) is 0 Å². The standard InChI is InChI=1S/C10H6ClF7O/c11-6-3-1-2-5(4-6)7(19)8(12,13)9(14,15)10(16,17)18/h1-4,7,19H. The van der Waals surface area contributed by atoms with Gasteiger partial charge in [-0.2, -0.15) is 30.7 Å². The fraction of sp³-hybridized carbons (Fsp3) is 0.400. The van der Waals surface area contributed by atoms with Gasteiger partial charge >= 0.3 is 18.0 Å². The molecule has 0 spiro atoms. The Hall–Kier alpha value is -1.02. The molecule has 0 amide bonds. The van der Waals surface area contributed by atoms with Crippen molar-refractivity contribution in [2.75, 3.05) is 0 Å². The van der Waals surface area contributed by atoms with Crippen molar-refractivity contribution < 1.29 is 35.8 Å². The molecule has 0 radical (unpaired) electrons. The summed E-state index contributed by atoms with van der Waals surface area (Å²) in [4.78, 5) is 0. The molecule has 1 unspecified atom stereocenters. The van der Waals surface area contributed by atoms with Gasteiger partial charge in [0, 0.05) is 5.02 Å². The number of aliphatic hydroxyl groups is 1. The fourth-order valence-electron chi connectivity index (χ4n) is 1.25. The van der Waals surface area contributed by atoms with E-state index in [1.807, 2.05) is 0 Å². The lowest BCUT2D eigenvalue weighted by Gasteiger charge is -2.31. The molecule has 1 nitrogen and oxygen atoms in total. The van der Waals surface area contributed by atoms with Crippen molar-refractivity contribution in [2.45, 2.75) is 24.1 Å². The van der Waals surface area contributed by atoms with E-state index in [2.05, 4.69) is 0 Å². The summed E-state index contributed by atoms with van der Waals surface area (Å²) in [6, 6.07) is 3.64. The topological polar surface area (TPSA) is 20.2 Å². The predicted molar refractivity (Wildman–Crippen MR) is 52.4 cm³/mol. The van der Waals surface area contributed by atoms with Crippen LogP contribution in [-0.2, 0) is 0 Å². The molecule has 1 N–H and O–H groups in total. The molecule has 0 aliphatic heterocycles. The molecule has 0 saturated carbocycles. The summed E-state index contributed by atoms with van der Waals surface area (Å²) in [5.74, 6) is -12.1. The van der Waals surface area contributed by atoms with Crippen molar-refractivity contribution in [1.29, 1.82) is 0 Å². The highest BCUT2D eigenvalue weighted by atomic mass is 35.5. The first-order valence-corrected chi connectivity index (χ1v) is 5.05. The van der Waals surface area contributed by atoms with Gasteiger partial charge in [0.1, 0.15) is 6.10 Å². The van der Waals surface area contributed by atoms with E-state index in [0.29, 0.717) is 6.07 Å². The summed E-state index contributed by atoms with van der Waals surface area (Å²) in [7, 11) is 0. The number of hydrogen-bond donors (Lipinski definition) is 1. The van der Waals surface area contributed by atoms with E-state index >= 15 is 0 Å². The maximum absolute atomic E-state index is 13.1. The number of aliphatic hydroxyl groups excluding tert-OH is 1. The van der Waals surface area contributed by atoms with E-state index in [1.165, 1.54) is 6.07 Å². The van der Waals surface area contributed by atoms with Gasteiger partial charge in [0.05, 0.1) is 0 Å². The first-order chi connectivity index (χ1) is 8.41. The molecule has 0 saturated heterocycles. The van der Waals surface area contributed by atoms with Crippen LogP contribution in [-0.4, -0.2) is 23.1 Å². The van der Waals surface area contributed by atoms with Crippen LogP contribution in [0.4, 0.5) is 30.7 Å². The zero-order valence-corrected chi connectivity index (χ0v) is 9.61. The molecule has 1 aromatic rings. The maximum Gasteiger partial charge on any atom is 0.459 e. The summed E-state index contributed by atoms with van der Waals surface area (Å²) < 4.78 is 87.4. The van der Waals surface area contributed by atoms with Crippen LogP contribution in [0.25, 0.3) is 0 Å². The van der Waals surface area contributed by atoms with Crippen LogP contribution in [0.5, 0.6) is 0 Å². The molecular formula is C10H6ClF7O. The van der Waals surface area contributed by atoms with Crippen LogP contribution in [0.2, 0.25) is 5.02 Å². The molecule has 9 heteroatoms.